The zero-order chi connectivity index (χ0) is 22.8. The number of aromatic nitrogens is 2. The zero-order valence-electron chi connectivity index (χ0n) is 19.0. The summed E-state index contributed by atoms with van der Waals surface area (Å²) in [5.41, 5.74) is 1.08. The van der Waals surface area contributed by atoms with Crippen LogP contribution in [0.25, 0.3) is 0 Å². The number of piperidine rings is 1. The first-order valence-corrected chi connectivity index (χ1v) is 12.5. The molecule has 0 saturated carbocycles. The van der Waals surface area contributed by atoms with Crippen molar-refractivity contribution in [1.82, 2.24) is 15.1 Å². The number of ether oxygens (including phenoxy) is 1. The Morgan fingerprint density at radius 3 is 2.55 bits per heavy atom. The second-order valence-corrected chi connectivity index (χ2v) is 9.72. The van der Waals surface area contributed by atoms with E-state index < -0.39 is 0 Å². The number of benzene rings is 1. The summed E-state index contributed by atoms with van der Waals surface area (Å²) < 4.78 is 5.50. The van der Waals surface area contributed by atoms with Gasteiger partial charge in [0.1, 0.15) is 5.75 Å². The molecule has 176 valence electrons. The summed E-state index contributed by atoms with van der Waals surface area (Å²) in [4.78, 5) is 33.5. The smallest absolute Gasteiger partial charge is 0.228 e. The molecule has 0 unspecified atom stereocenters. The molecule has 0 bridgehead atoms. The highest BCUT2D eigenvalue weighted by atomic mass is 32.1. The lowest BCUT2D eigenvalue weighted by Gasteiger charge is -2.39. The molecule has 1 atom stereocenters. The lowest BCUT2D eigenvalue weighted by Crippen LogP contribution is -2.52. The fourth-order valence-electron chi connectivity index (χ4n) is 4.96. The molecule has 3 saturated heterocycles. The van der Waals surface area contributed by atoms with Gasteiger partial charge >= 0.3 is 0 Å². The first kappa shape index (κ1) is 21.9. The van der Waals surface area contributed by atoms with Crippen LogP contribution < -0.4 is 19.4 Å². The van der Waals surface area contributed by atoms with Gasteiger partial charge in [-0.25, -0.2) is 0 Å². The Hall–Kier alpha value is -2.88. The highest BCUT2D eigenvalue weighted by molar-refractivity contribution is 7.19. The van der Waals surface area contributed by atoms with Crippen LogP contribution in [0.3, 0.4) is 0 Å². The predicted octanol–water partition coefficient (Wildman–Crippen LogP) is 2.24. The van der Waals surface area contributed by atoms with Gasteiger partial charge in [-0.2, -0.15) is 0 Å². The molecule has 0 aliphatic carbocycles. The van der Waals surface area contributed by atoms with Crippen LogP contribution in [0, 0.1) is 5.92 Å². The fourth-order valence-corrected chi connectivity index (χ4v) is 5.89. The second-order valence-electron chi connectivity index (χ2n) is 8.79. The monoisotopic (exact) mass is 470 g/mol. The molecule has 0 N–H and O–H groups in total. The Morgan fingerprint density at radius 2 is 1.79 bits per heavy atom. The zero-order valence-corrected chi connectivity index (χ0v) is 19.8. The van der Waals surface area contributed by atoms with Crippen molar-refractivity contribution in [1.29, 1.82) is 0 Å². The van der Waals surface area contributed by atoms with E-state index in [0.717, 1.165) is 62.0 Å². The molecular weight excluding hydrogens is 440 g/mol. The van der Waals surface area contributed by atoms with Crippen LogP contribution in [0.4, 0.5) is 16.0 Å². The van der Waals surface area contributed by atoms with E-state index >= 15 is 0 Å². The van der Waals surface area contributed by atoms with E-state index in [1.54, 1.807) is 12.0 Å². The SMILES string of the molecule is COc1ccccc1N1CCN(C(=O)[C@H]2CCCN(c3nnc(N4CCCC4=O)s3)C2)CC1. The number of nitrogens with zero attached hydrogens (tertiary/aromatic N) is 6. The van der Waals surface area contributed by atoms with Crippen molar-refractivity contribution >= 4 is 39.1 Å². The number of methoxy groups -OCH3 is 1. The van der Waals surface area contributed by atoms with Crippen LogP contribution in [-0.4, -0.2) is 79.8 Å². The van der Waals surface area contributed by atoms with Crippen LogP contribution in [-0.2, 0) is 9.59 Å². The molecule has 0 spiro atoms. The lowest BCUT2D eigenvalue weighted by atomic mass is 9.96. The van der Waals surface area contributed by atoms with E-state index in [9.17, 15) is 9.59 Å². The largest absolute Gasteiger partial charge is 0.495 e. The molecule has 2 aromatic rings. The highest BCUT2D eigenvalue weighted by Crippen LogP contribution is 2.33. The molecule has 2 amide bonds. The Balaban J connectivity index is 1.19. The van der Waals surface area contributed by atoms with Crippen LogP contribution in [0.1, 0.15) is 25.7 Å². The van der Waals surface area contributed by atoms with Gasteiger partial charge in [-0.05, 0) is 31.4 Å². The number of amides is 2. The third kappa shape index (κ3) is 4.48. The molecular formula is C23H30N6O3S. The van der Waals surface area contributed by atoms with Gasteiger partial charge < -0.3 is 19.4 Å². The minimum absolute atomic E-state index is 0.0302. The van der Waals surface area contributed by atoms with Crippen molar-refractivity contribution in [3.05, 3.63) is 24.3 Å². The number of rotatable bonds is 5. The number of piperazine rings is 1. The minimum atomic E-state index is -0.0302. The summed E-state index contributed by atoms with van der Waals surface area (Å²) in [5.74, 6) is 1.19. The molecule has 33 heavy (non-hydrogen) atoms. The van der Waals surface area contributed by atoms with Gasteiger partial charge in [-0.15, -0.1) is 10.2 Å². The van der Waals surface area contributed by atoms with Gasteiger partial charge in [0, 0.05) is 52.2 Å². The van der Waals surface area contributed by atoms with Crippen molar-refractivity contribution in [2.45, 2.75) is 25.7 Å². The van der Waals surface area contributed by atoms with Crippen LogP contribution in [0.5, 0.6) is 5.75 Å². The molecule has 10 heteroatoms. The van der Waals surface area contributed by atoms with Crippen molar-refractivity contribution < 1.29 is 14.3 Å². The van der Waals surface area contributed by atoms with Gasteiger partial charge in [0.2, 0.25) is 22.1 Å². The van der Waals surface area contributed by atoms with E-state index in [1.165, 1.54) is 11.3 Å². The van der Waals surface area contributed by atoms with Crippen LogP contribution in [0.15, 0.2) is 24.3 Å². The van der Waals surface area contributed by atoms with Crippen molar-refractivity contribution in [2.75, 3.05) is 67.6 Å². The highest BCUT2D eigenvalue weighted by Gasteiger charge is 2.33. The van der Waals surface area contributed by atoms with Crippen molar-refractivity contribution in [3.63, 3.8) is 0 Å². The maximum Gasteiger partial charge on any atom is 0.228 e. The lowest BCUT2D eigenvalue weighted by molar-refractivity contribution is -0.136. The maximum atomic E-state index is 13.3. The molecule has 3 aliphatic heterocycles. The summed E-state index contributed by atoms with van der Waals surface area (Å²) in [6.45, 7) is 5.27. The topological polar surface area (TPSA) is 82.1 Å². The standard InChI is InChI=1S/C23H30N6O3S/c1-32-19-8-3-2-7-18(19)26-12-14-27(15-13-26)21(31)17-6-4-10-28(16-17)22-24-25-23(33-22)29-11-5-9-20(29)30/h2-3,7-8,17H,4-6,9-16H2,1H3/t17-/m0/s1. The van der Waals surface area contributed by atoms with Crippen molar-refractivity contribution in [2.24, 2.45) is 5.92 Å². The molecule has 1 aromatic heterocycles. The first-order chi connectivity index (χ1) is 16.1. The molecule has 5 rings (SSSR count). The average Bonchev–Trinajstić information content (AvgIpc) is 3.53. The molecule has 3 aliphatic rings. The Bertz CT molecular complexity index is 1010. The summed E-state index contributed by atoms with van der Waals surface area (Å²) in [7, 11) is 1.69. The number of hydrogen-bond acceptors (Lipinski definition) is 8. The Morgan fingerprint density at radius 1 is 1.00 bits per heavy atom. The molecule has 3 fully saturated rings. The molecule has 9 nitrogen and oxygen atoms in total. The fraction of sp³-hybridized carbons (Fsp3) is 0.565. The number of carbonyl (C=O) groups is 2. The predicted molar refractivity (Wildman–Crippen MR) is 128 cm³/mol. The van der Waals surface area contributed by atoms with E-state index in [0.29, 0.717) is 31.2 Å². The van der Waals surface area contributed by atoms with Gasteiger partial charge in [-0.3, -0.25) is 14.5 Å². The number of anilines is 3. The van der Waals surface area contributed by atoms with Gasteiger partial charge in [0.05, 0.1) is 18.7 Å². The van der Waals surface area contributed by atoms with E-state index in [1.807, 2.05) is 23.1 Å². The van der Waals surface area contributed by atoms with Gasteiger partial charge in [0.25, 0.3) is 0 Å². The van der Waals surface area contributed by atoms with E-state index in [4.69, 9.17) is 4.74 Å². The Labute approximate surface area is 197 Å². The Kier molecular flexibility index (Phi) is 6.34. The third-order valence-electron chi connectivity index (χ3n) is 6.77. The second kappa shape index (κ2) is 9.54. The maximum absolute atomic E-state index is 13.3. The molecule has 4 heterocycles. The van der Waals surface area contributed by atoms with Crippen molar-refractivity contribution in [3.8, 4) is 5.75 Å². The molecule has 0 radical (unpaired) electrons. The van der Waals surface area contributed by atoms with Gasteiger partial charge in [-0.1, -0.05) is 23.5 Å². The van der Waals surface area contributed by atoms with Crippen LogP contribution >= 0.6 is 11.3 Å². The summed E-state index contributed by atoms with van der Waals surface area (Å²) in [6, 6.07) is 8.04. The van der Waals surface area contributed by atoms with E-state index in [2.05, 4.69) is 26.1 Å². The third-order valence-corrected chi connectivity index (χ3v) is 7.77. The summed E-state index contributed by atoms with van der Waals surface area (Å²) in [6.07, 6.45) is 3.31. The minimum Gasteiger partial charge on any atom is -0.495 e. The van der Waals surface area contributed by atoms with Crippen LogP contribution in [0.2, 0.25) is 0 Å². The molecule has 1 aromatic carbocycles. The van der Waals surface area contributed by atoms with Gasteiger partial charge in [0.15, 0.2) is 0 Å². The summed E-state index contributed by atoms with van der Waals surface area (Å²) >= 11 is 1.46. The van der Waals surface area contributed by atoms with E-state index in [-0.39, 0.29) is 17.7 Å². The normalized spacial score (nSPS) is 21.6. The quantitative estimate of drug-likeness (QED) is 0.663. The number of para-hydroxylation sites is 2. The summed E-state index contributed by atoms with van der Waals surface area (Å²) in [5, 5.41) is 10.1. The number of carbonyl (C=O) groups excluding carboxylic acids is 2. The number of hydrogen-bond donors (Lipinski definition) is 0. The first-order valence-electron chi connectivity index (χ1n) is 11.7. The average molecular weight is 471 g/mol.